The molecule has 24 heavy (non-hydrogen) atoms. The molecule has 2 aromatic heterocycles. The van der Waals surface area contributed by atoms with Gasteiger partial charge in [0.25, 0.3) is 0 Å². The number of aromatic nitrogens is 2. The lowest BCUT2D eigenvalue weighted by atomic mass is 10.1. The summed E-state index contributed by atoms with van der Waals surface area (Å²) in [7, 11) is 2.11. The van der Waals surface area contributed by atoms with Crippen LogP contribution in [0.15, 0.2) is 48.8 Å². The number of nitrogens with zero attached hydrogens (tertiary/aromatic N) is 3. The van der Waals surface area contributed by atoms with Crippen LogP contribution in [0.1, 0.15) is 22.4 Å². The summed E-state index contributed by atoms with van der Waals surface area (Å²) in [6, 6.07) is 12.7. The number of anilines is 2. The zero-order valence-electron chi connectivity index (χ0n) is 15.0. The summed E-state index contributed by atoms with van der Waals surface area (Å²) < 4.78 is 0. The molecule has 3 heteroatoms. The second-order valence-electron chi connectivity index (χ2n) is 6.34. The predicted octanol–water partition coefficient (Wildman–Crippen LogP) is 5.15. The Labute approximate surface area is 144 Å². The van der Waals surface area contributed by atoms with Crippen LogP contribution < -0.4 is 4.90 Å². The Morgan fingerprint density at radius 2 is 1.54 bits per heavy atom. The molecule has 3 rings (SSSR count). The Bertz CT molecular complexity index is 864. The van der Waals surface area contributed by atoms with Crippen molar-refractivity contribution in [2.45, 2.75) is 27.7 Å². The smallest absolute Gasteiger partial charge is 0.0740 e. The van der Waals surface area contributed by atoms with E-state index in [0.29, 0.717) is 0 Å². The molecule has 0 aliphatic rings. The zero-order chi connectivity index (χ0) is 17.3. The van der Waals surface area contributed by atoms with Gasteiger partial charge in [0.2, 0.25) is 0 Å². The van der Waals surface area contributed by atoms with Gasteiger partial charge in [0.1, 0.15) is 0 Å². The SMILES string of the molecule is Cc1cc(C)c(-c2cc(N(C)c3c(C)cccc3C)ccn2)cn1. The lowest BCUT2D eigenvalue weighted by molar-refractivity contribution is 1.14. The molecule has 0 aliphatic heterocycles. The highest BCUT2D eigenvalue weighted by Gasteiger charge is 2.12. The summed E-state index contributed by atoms with van der Waals surface area (Å²) in [5.74, 6) is 0. The van der Waals surface area contributed by atoms with Crippen LogP contribution in [-0.2, 0) is 0 Å². The largest absolute Gasteiger partial charge is 0.344 e. The lowest BCUT2D eigenvalue weighted by Gasteiger charge is -2.24. The van der Waals surface area contributed by atoms with Crippen LogP contribution in [0.25, 0.3) is 11.3 Å². The number of hydrogen-bond acceptors (Lipinski definition) is 3. The molecule has 3 nitrogen and oxygen atoms in total. The average Bonchev–Trinajstić information content (AvgIpc) is 2.54. The number of benzene rings is 1. The number of pyridine rings is 2. The normalized spacial score (nSPS) is 10.7. The molecule has 2 heterocycles. The van der Waals surface area contributed by atoms with Gasteiger partial charge in [-0.15, -0.1) is 0 Å². The lowest BCUT2D eigenvalue weighted by Crippen LogP contribution is -2.12. The van der Waals surface area contributed by atoms with Crippen molar-refractivity contribution in [1.29, 1.82) is 0 Å². The van der Waals surface area contributed by atoms with Gasteiger partial charge >= 0.3 is 0 Å². The third-order valence-corrected chi connectivity index (χ3v) is 4.43. The van der Waals surface area contributed by atoms with Gasteiger partial charge in [-0.3, -0.25) is 9.97 Å². The van der Waals surface area contributed by atoms with E-state index in [1.54, 1.807) is 0 Å². The van der Waals surface area contributed by atoms with Crippen molar-refractivity contribution < 1.29 is 0 Å². The second-order valence-corrected chi connectivity index (χ2v) is 6.34. The molecule has 0 atom stereocenters. The van der Waals surface area contributed by atoms with Gasteiger partial charge in [0.15, 0.2) is 0 Å². The topological polar surface area (TPSA) is 29.0 Å². The molecule has 0 unspecified atom stereocenters. The van der Waals surface area contributed by atoms with E-state index in [1.165, 1.54) is 22.4 Å². The molecule has 0 saturated heterocycles. The average molecular weight is 317 g/mol. The summed E-state index contributed by atoms with van der Waals surface area (Å²) in [5, 5.41) is 0. The summed E-state index contributed by atoms with van der Waals surface area (Å²) in [6.45, 7) is 8.41. The van der Waals surface area contributed by atoms with E-state index in [4.69, 9.17) is 0 Å². The van der Waals surface area contributed by atoms with Crippen molar-refractivity contribution in [3.63, 3.8) is 0 Å². The highest BCUT2D eigenvalue weighted by molar-refractivity contribution is 5.73. The van der Waals surface area contributed by atoms with Crippen molar-refractivity contribution >= 4 is 11.4 Å². The summed E-state index contributed by atoms with van der Waals surface area (Å²) in [4.78, 5) is 11.2. The molecule has 0 fully saturated rings. The van der Waals surface area contributed by atoms with E-state index in [2.05, 4.69) is 73.0 Å². The minimum absolute atomic E-state index is 0.954. The van der Waals surface area contributed by atoms with Gasteiger partial charge in [-0.1, -0.05) is 18.2 Å². The van der Waals surface area contributed by atoms with E-state index in [-0.39, 0.29) is 0 Å². The van der Waals surface area contributed by atoms with Crippen LogP contribution in [0.2, 0.25) is 0 Å². The summed E-state index contributed by atoms with van der Waals surface area (Å²) in [6.07, 6.45) is 3.78. The Hall–Kier alpha value is -2.68. The van der Waals surface area contributed by atoms with Crippen molar-refractivity contribution in [2.75, 3.05) is 11.9 Å². The van der Waals surface area contributed by atoms with E-state index >= 15 is 0 Å². The standard InChI is InChI=1S/C21H23N3/c1-14-7-6-8-15(2)21(14)24(5)18-9-10-22-20(12-18)19-13-23-17(4)11-16(19)3/h6-13H,1-5H3. The molecule has 0 bridgehead atoms. The Balaban J connectivity index is 2.05. The van der Waals surface area contributed by atoms with Gasteiger partial charge in [0, 0.05) is 42.1 Å². The third-order valence-electron chi connectivity index (χ3n) is 4.43. The van der Waals surface area contributed by atoms with Crippen LogP contribution in [-0.4, -0.2) is 17.0 Å². The first kappa shape index (κ1) is 16.2. The molecule has 0 aliphatic carbocycles. The van der Waals surface area contributed by atoms with E-state index in [9.17, 15) is 0 Å². The zero-order valence-corrected chi connectivity index (χ0v) is 15.0. The number of hydrogen-bond donors (Lipinski definition) is 0. The first-order chi connectivity index (χ1) is 11.5. The molecule has 122 valence electrons. The fourth-order valence-corrected chi connectivity index (χ4v) is 3.20. The second kappa shape index (κ2) is 6.44. The van der Waals surface area contributed by atoms with Crippen molar-refractivity contribution in [3.05, 3.63) is 71.2 Å². The Morgan fingerprint density at radius 1 is 0.833 bits per heavy atom. The van der Waals surface area contributed by atoms with Crippen LogP contribution in [0.4, 0.5) is 11.4 Å². The summed E-state index contributed by atoms with van der Waals surface area (Å²) in [5.41, 5.74) is 9.16. The quantitative estimate of drug-likeness (QED) is 0.669. The van der Waals surface area contributed by atoms with Crippen LogP contribution >= 0.6 is 0 Å². The van der Waals surface area contributed by atoms with Crippen molar-refractivity contribution in [1.82, 2.24) is 9.97 Å². The predicted molar refractivity (Wildman–Crippen MR) is 101 cm³/mol. The van der Waals surface area contributed by atoms with Gasteiger partial charge in [-0.25, -0.2) is 0 Å². The molecule has 0 amide bonds. The van der Waals surface area contributed by atoms with Gasteiger partial charge in [0.05, 0.1) is 5.69 Å². The monoisotopic (exact) mass is 317 g/mol. The maximum absolute atomic E-state index is 4.55. The fourth-order valence-electron chi connectivity index (χ4n) is 3.20. The fraction of sp³-hybridized carbons (Fsp3) is 0.238. The number of aryl methyl sites for hydroxylation is 4. The van der Waals surface area contributed by atoms with Crippen molar-refractivity contribution in [3.8, 4) is 11.3 Å². The molecule has 0 radical (unpaired) electrons. The first-order valence-corrected chi connectivity index (χ1v) is 8.17. The molecule has 0 saturated carbocycles. The highest BCUT2D eigenvalue weighted by Crippen LogP contribution is 2.32. The number of rotatable bonds is 3. The van der Waals surface area contributed by atoms with Crippen LogP contribution in [0.3, 0.4) is 0 Å². The van der Waals surface area contributed by atoms with Crippen LogP contribution in [0.5, 0.6) is 0 Å². The van der Waals surface area contributed by atoms with E-state index in [1.807, 2.05) is 25.4 Å². The van der Waals surface area contributed by atoms with Crippen molar-refractivity contribution in [2.24, 2.45) is 0 Å². The maximum Gasteiger partial charge on any atom is 0.0740 e. The Kier molecular flexibility index (Phi) is 4.34. The Morgan fingerprint density at radius 3 is 2.21 bits per heavy atom. The maximum atomic E-state index is 4.55. The van der Waals surface area contributed by atoms with E-state index in [0.717, 1.165) is 22.6 Å². The van der Waals surface area contributed by atoms with Gasteiger partial charge in [-0.05, 0) is 62.6 Å². The molecule has 3 aromatic rings. The molecule has 1 aromatic carbocycles. The molecular weight excluding hydrogens is 294 g/mol. The van der Waals surface area contributed by atoms with Crippen LogP contribution in [0, 0.1) is 27.7 Å². The first-order valence-electron chi connectivity index (χ1n) is 8.17. The third kappa shape index (κ3) is 3.02. The van der Waals surface area contributed by atoms with E-state index < -0.39 is 0 Å². The number of para-hydroxylation sites is 1. The highest BCUT2D eigenvalue weighted by atomic mass is 15.1. The molecule has 0 N–H and O–H groups in total. The minimum atomic E-state index is 0.954. The minimum Gasteiger partial charge on any atom is -0.344 e. The van der Waals surface area contributed by atoms with Gasteiger partial charge < -0.3 is 4.90 Å². The van der Waals surface area contributed by atoms with Gasteiger partial charge in [-0.2, -0.15) is 0 Å². The molecular formula is C21H23N3. The summed E-state index contributed by atoms with van der Waals surface area (Å²) >= 11 is 0. The molecule has 0 spiro atoms.